The van der Waals surface area contributed by atoms with Crippen molar-refractivity contribution in [1.82, 2.24) is 0 Å². The Kier molecular flexibility index (Phi) is 4.23. The topological polar surface area (TPSA) is 44.5 Å². The van der Waals surface area contributed by atoms with Crippen LogP contribution in [0.15, 0.2) is 42.5 Å². The Labute approximate surface area is 111 Å². The number of ether oxygens (including phenoxy) is 2. The molecule has 0 saturated heterocycles. The van der Waals surface area contributed by atoms with E-state index in [0.29, 0.717) is 24.7 Å². The number of aryl methyl sites for hydroxylation is 1. The Morgan fingerprint density at radius 3 is 2.37 bits per heavy atom. The predicted molar refractivity (Wildman–Crippen MR) is 73.0 cm³/mol. The molecule has 0 atom stereocenters. The second-order valence-corrected chi connectivity index (χ2v) is 4.18. The molecule has 2 aromatic rings. The molecule has 0 heterocycles. The van der Waals surface area contributed by atoms with E-state index < -0.39 is 0 Å². The molecule has 4 heteroatoms. The fourth-order valence-electron chi connectivity index (χ4n) is 1.65. The van der Waals surface area contributed by atoms with Gasteiger partial charge in [-0.25, -0.2) is 4.39 Å². The fraction of sp³-hybridized carbons (Fsp3) is 0.200. The number of hydrogen-bond acceptors (Lipinski definition) is 3. The van der Waals surface area contributed by atoms with Crippen LogP contribution in [0, 0.1) is 12.7 Å². The first-order valence-electron chi connectivity index (χ1n) is 6.02. The van der Waals surface area contributed by atoms with E-state index in [1.165, 1.54) is 12.1 Å². The third kappa shape index (κ3) is 3.88. The average molecular weight is 261 g/mol. The van der Waals surface area contributed by atoms with Crippen LogP contribution in [-0.2, 0) is 0 Å². The minimum absolute atomic E-state index is 0.261. The first-order chi connectivity index (χ1) is 9.15. The van der Waals surface area contributed by atoms with Gasteiger partial charge in [0.1, 0.15) is 30.5 Å². The maximum absolute atomic E-state index is 12.9. The van der Waals surface area contributed by atoms with Gasteiger partial charge in [-0.05, 0) is 55.0 Å². The molecule has 2 N–H and O–H groups in total. The summed E-state index contributed by atoms with van der Waals surface area (Å²) in [5.74, 6) is 1.15. The van der Waals surface area contributed by atoms with Crippen LogP contribution in [0.5, 0.6) is 11.5 Å². The zero-order valence-corrected chi connectivity index (χ0v) is 10.7. The quantitative estimate of drug-likeness (QED) is 0.664. The van der Waals surface area contributed by atoms with E-state index in [1.54, 1.807) is 37.3 Å². The molecule has 0 spiro atoms. The SMILES string of the molecule is Cc1cc(F)ccc1OCCOc1ccc(N)cc1. The van der Waals surface area contributed by atoms with Gasteiger partial charge >= 0.3 is 0 Å². The molecule has 0 radical (unpaired) electrons. The van der Waals surface area contributed by atoms with Crippen molar-refractivity contribution in [3.63, 3.8) is 0 Å². The maximum Gasteiger partial charge on any atom is 0.123 e. The maximum atomic E-state index is 12.9. The molecule has 0 bridgehead atoms. The first kappa shape index (κ1) is 13.2. The van der Waals surface area contributed by atoms with Crippen molar-refractivity contribution < 1.29 is 13.9 Å². The Balaban J connectivity index is 1.79. The molecular weight excluding hydrogens is 245 g/mol. The zero-order chi connectivity index (χ0) is 13.7. The van der Waals surface area contributed by atoms with Crippen LogP contribution in [-0.4, -0.2) is 13.2 Å². The van der Waals surface area contributed by atoms with E-state index in [0.717, 1.165) is 11.3 Å². The first-order valence-corrected chi connectivity index (χ1v) is 6.02. The van der Waals surface area contributed by atoms with Gasteiger partial charge in [0.25, 0.3) is 0 Å². The van der Waals surface area contributed by atoms with Crippen LogP contribution in [0.3, 0.4) is 0 Å². The second kappa shape index (κ2) is 6.09. The number of anilines is 1. The Morgan fingerprint density at radius 2 is 1.68 bits per heavy atom. The highest BCUT2D eigenvalue weighted by atomic mass is 19.1. The highest BCUT2D eigenvalue weighted by molar-refractivity contribution is 5.41. The number of hydrogen-bond donors (Lipinski definition) is 1. The normalized spacial score (nSPS) is 10.2. The van der Waals surface area contributed by atoms with Crippen molar-refractivity contribution in [3.8, 4) is 11.5 Å². The molecule has 0 fully saturated rings. The molecule has 0 saturated carbocycles. The molecule has 2 aromatic carbocycles. The molecule has 0 aliphatic carbocycles. The Bertz CT molecular complexity index is 540. The van der Waals surface area contributed by atoms with Crippen LogP contribution >= 0.6 is 0 Å². The summed E-state index contributed by atoms with van der Waals surface area (Å²) < 4.78 is 23.9. The summed E-state index contributed by atoms with van der Waals surface area (Å²) in [6, 6.07) is 11.6. The van der Waals surface area contributed by atoms with E-state index in [-0.39, 0.29) is 5.82 Å². The van der Waals surface area contributed by atoms with E-state index >= 15 is 0 Å². The van der Waals surface area contributed by atoms with Gasteiger partial charge in [-0.2, -0.15) is 0 Å². The lowest BCUT2D eigenvalue weighted by molar-refractivity contribution is 0.216. The van der Waals surface area contributed by atoms with Crippen molar-refractivity contribution >= 4 is 5.69 Å². The monoisotopic (exact) mass is 261 g/mol. The van der Waals surface area contributed by atoms with Crippen molar-refractivity contribution in [2.75, 3.05) is 18.9 Å². The minimum Gasteiger partial charge on any atom is -0.490 e. The number of halogens is 1. The molecule has 0 aliphatic rings. The Hall–Kier alpha value is -2.23. The summed E-state index contributed by atoms with van der Waals surface area (Å²) in [6.07, 6.45) is 0. The van der Waals surface area contributed by atoms with E-state index in [9.17, 15) is 4.39 Å². The van der Waals surface area contributed by atoms with Gasteiger partial charge < -0.3 is 15.2 Å². The van der Waals surface area contributed by atoms with Crippen LogP contribution in [0.4, 0.5) is 10.1 Å². The van der Waals surface area contributed by atoms with Gasteiger partial charge in [0.15, 0.2) is 0 Å². The minimum atomic E-state index is -0.261. The van der Waals surface area contributed by atoms with Gasteiger partial charge in [-0.15, -0.1) is 0 Å². The smallest absolute Gasteiger partial charge is 0.123 e. The molecule has 0 amide bonds. The lowest BCUT2D eigenvalue weighted by atomic mass is 10.2. The largest absolute Gasteiger partial charge is 0.490 e. The van der Waals surface area contributed by atoms with Gasteiger partial charge in [0, 0.05) is 5.69 Å². The van der Waals surface area contributed by atoms with Crippen molar-refractivity contribution in [3.05, 3.63) is 53.8 Å². The molecular formula is C15H16FNO2. The number of nitrogens with two attached hydrogens (primary N) is 1. The molecule has 0 unspecified atom stereocenters. The number of rotatable bonds is 5. The summed E-state index contributed by atoms with van der Waals surface area (Å²) >= 11 is 0. The third-order valence-electron chi connectivity index (χ3n) is 2.63. The van der Waals surface area contributed by atoms with Gasteiger partial charge in [0.05, 0.1) is 0 Å². The number of nitrogen functional groups attached to an aromatic ring is 1. The van der Waals surface area contributed by atoms with Crippen molar-refractivity contribution in [1.29, 1.82) is 0 Å². The summed E-state index contributed by atoms with van der Waals surface area (Å²) in [6.45, 7) is 2.62. The molecule has 100 valence electrons. The fourth-order valence-corrected chi connectivity index (χ4v) is 1.65. The van der Waals surface area contributed by atoms with Crippen molar-refractivity contribution in [2.45, 2.75) is 6.92 Å². The van der Waals surface area contributed by atoms with Gasteiger partial charge in [-0.3, -0.25) is 0 Å². The summed E-state index contributed by atoms with van der Waals surface area (Å²) in [7, 11) is 0. The standard InChI is InChI=1S/C15H16FNO2/c1-11-10-12(16)2-7-15(11)19-9-8-18-14-5-3-13(17)4-6-14/h2-7,10H,8-9,17H2,1H3. The Morgan fingerprint density at radius 1 is 1.00 bits per heavy atom. The van der Waals surface area contributed by atoms with Crippen molar-refractivity contribution in [2.24, 2.45) is 0 Å². The molecule has 3 nitrogen and oxygen atoms in total. The van der Waals surface area contributed by atoms with Crippen LogP contribution in [0.2, 0.25) is 0 Å². The average Bonchev–Trinajstić information content (AvgIpc) is 2.39. The molecule has 2 rings (SSSR count). The summed E-state index contributed by atoms with van der Waals surface area (Å²) in [4.78, 5) is 0. The molecule has 0 aliphatic heterocycles. The second-order valence-electron chi connectivity index (χ2n) is 4.18. The predicted octanol–water partition coefficient (Wildman–Crippen LogP) is 3.17. The van der Waals surface area contributed by atoms with Crippen LogP contribution in [0.1, 0.15) is 5.56 Å². The van der Waals surface area contributed by atoms with Gasteiger partial charge in [0.2, 0.25) is 0 Å². The summed E-state index contributed by atoms with van der Waals surface area (Å²) in [5, 5.41) is 0. The van der Waals surface area contributed by atoms with E-state index in [2.05, 4.69) is 0 Å². The van der Waals surface area contributed by atoms with E-state index in [4.69, 9.17) is 15.2 Å². The molecule has 0 aromatic heterocycles. The molecule has 19 heavy (non-hydrogen) atoms. The summed E-state index contributed by atoms with van der Waals surface area (Å²) in [5.41, 5.74) is 7.05. The van der Waals surface area contributed by atoms with Crippen LogP contribution < -0.4 is 15.2 Å². The zero-order valence-electron chi connectivity index (χ0n) is 10.7. The third-order valence-corrected chi connectivity index (χ3v) is 2.63. The highest BCUT2D eigenvalue weighted by Crippen LogP contribution is 2.18. The lowest BCUT2D eigenvalue weighted by Crippen LogP contribution is -2.09. The number of benzene rings is 2. The van der Waals surface area contributed by atoms with Crippen LogP contribution in [0.25, 0.3) is 0 Å². The van der Waals surface area contributed by atoms with Gasteiger partial charge in [-0.1, -0.05) is 0 Å². The van der Waals surface area contributed by atoms with E-state index in [1.807, 2.05) is 0 Å². The lowest BCUT2D eigenvalue weighted by Gasteiger charge is -2.10. The highest BCUT2D eigenvalue weighted by Gasteiger charge is 2.01.